The zero-order chi connectivity index (χ0) is 13.1. The highest BCUT2D eigenvalue weighted by Gasteiger charge is 2.08. The Hall–Kier alpha value is -1.13. The molecule has 0 N–H and O–H groups in total. The van der Waals surface area contributed by atoms with Crippen LogP contribution in [-0.4, -0.2) is 0 Å². The molecule has 0 aromatic heterocycles. The molecule has 0 radical (unpaired) electrons. The molecule has 94 valence electrons. The van der Waals surface area contributed by atoms with Crippen LogP contribution in [0.3, 0.4) is 0 Å². The minimum Gasteiger partial charge on any atom is -0.488 e. The van der Waals surface area contributed by atoms with Gasteiger partial charge in [0, 0.05) is 11.6 Å². The maximum absolute atomic E-state index is 13.2. The van der Waals surface area contributed by atoms with Crippen molar-refractivity contribution in [1.29, 1.82) is 0 Å². The summed E-state index contributed by atoms with van der Waals surface area (Å²) in [6.07, 6.45) is 0. The van der Waals surface area contributed by atoms with E-state index in [1.807, 2.05) is 0 Å². The highest BCUT2D eigenvalue weighted by Crippen LogP contribution is 2.27. The van der Waals surface area contributed by atoms with E-state index in [0.717, 1.165) is 0 Å². The average molecular weight is 334 g/mol. The highest BCUT2D eigenvalue weighted by atomic mass is 79.9. The van der Waals surface area contributed by atoms with Crippen LogP contribution in [0.1, 0.15) is 5.56 Å². The van der Waals surface area contributed by atoms with Gasteiger partial charge in [-0.15, -0.1) is 0 Å². The summed E-state index contributed by atoms with van der Waals surface area (Å²) in [7, 11) is 0. The molecule has 0 saturated heterocycles. The Morgan fingerprint density at radius 2 is 1.94 bits per heavy atom. The first-order valence-electron chi connectivity index (χ1n) is 5.08. The number of ether oxygens (including phenoxy) is 1. The standard InChI is InChI=1S/C13H8BrClF2O/c14-10-5-4-9(16)6-12(10)18-7-8-2-1-3-11(17)13(8)15/h1-6H,7H2. The summed E-state index contributed by atoms with van der Waals surface area (Å²) in [5, 5.41) is 0.0185. The van der Waals surface area contributed by atoms with Crippen LogP contribution in [0.4, 0.5) is 8.78 Å². The Morgan fingerprint density at radius 3 is 2.72 bits per heavy atom. The predicted octanol–water partition coefficient (Wildman–Crippen LogP) is 4.96. The van der Waals surface area contributed by atoms with Gasteiger partial charge in [0.25, 0.3) is 0 Å². The van der Waals surface area contributed by atoms with Crippen molar-refractivity contribution in [2.24, 2.45) is 0 Å². The van der Waals surface area contributed by atoms with Gasteiger partial charge in [-0.05, 0) is 34.1 Å². The van der Waals surface area contributed by atoms with Gasteiger partial charge in [-0.3, -0.25) is 0 Å². The summed E-state index contributed by atoms with van der Waals surface area (Å²) in [6, 6.07) is 8.56. The second-order valence-electron chi connectivity index (χ2n) is 3.58. The molecule has 0 fully saturated rings. The minimum absolute atomic E-state index is 0.0185. The second-order valence-corrected chi connectivity index (χ2v) is 4.81. The molecule has 2 rings (SSSR count). The van der Waals surface area contributed by atoms with Gasteiger partial charge >= 0.3 is 0 Å². The van der Waals surface area contributed by atoms with E-state index >= 15 is 0 Å². The summed E-state index contributed by atoms with van der Waals surface area (Å²) in [4.78, 5) is 0. The molecule has 0 aliphatic heterocycles. The van der Waals surface area contributed by atoms with Crippen molar-refractivity contribution in [2.45, 2.75) is 6.61 Å². The van der Waals surface area contributed by atoms with Crippen LogP contribution in [-0.2, 0) is 6.61 Å². The third-order valence-electron chi connectivity index (χ3n) is 2.31. The monoisotopic (exact) mass is 332 g/mol. The topological polar surface area (TPSA) is 9.23 Å². The Bertz CT molecular complexity index is 573. The van der Waals surface area contributed by atoms with Crippen LogP contribution in [0.25, 0.3) is 0 Å². The molecule has 0 amide bonds. The Kier molecular flexibility index (Phi) is 4.19. The third kappa shape index (κ3) is 3.00. The van der Waals surface area contributed by atoms with Gasteiger partial charge in [-0.25, -0.2) is 8.78 Å². The Balaban J connectivity index is 2.16. The maximum Gasteiger partial charge on any atom is 0.142 e. The zero-order valence-corrected chi connectivity index (χ0v) is 11.4. The van der Waals surface area contributed by atoms with Gasteiger partial charge in [-0.2, -0.15) is 0 Å². The van der Waals surface area contributed by atoms with E-state index in [2.05, 4.69) is 15.9 Å². The van der Waals surface area contributed by atoms with Crippen LogP contribution in [0.15, 0.2) is 40.9 Å². The molecule has 0 saturated carbocycles. The molecule has 0 spiro atoms. The van der Waals surface area contributed by atoms with Crippen LogP contribution in [0.2, 0.25) is 5.02 Å². The molecule has 2 aromatic rings. The predicted molar refractivity (Wildman–Crippen MR) is 69.8 cm³/mol. The second kappa shape index (κ2) is 5.67. The molecule has 5 heteroatoms. The third-order valence-corrected chi connectivity index (χ3v) is 3.39. The number of halogens is 4. The quantitative estimate of drug-likeness (QED) is 0.771. The molecular formula is C13H8BrClF2O. The lowest BCUT2D eigenvalue weighted by atomic mass is 10.2. The number of hydrogen-bond donors (Lipinski definition) is 0. The van der Waals surface area contributed by atoms with Crippen molar-refractivity contribution in [3.8, 4) is 5.75 Å². The first-order chi connectivity index (χ1) is 8.58. The number of hydrogen-bond acceptors (Lipinski definition) is 1. The molecule has 0 heterocycles. The SMILES string of the molecule is Fc1ccc(Br)c(OCc2cccc(F)c2Cl)c1. The fourth-order valence-electron chi connectivity index (χ4n) is 1.40. The lowest BCUT2D eigenvalue weighted by Crippen LogP contribution is -1.98. The van der Waals surface area contributed by atoms with E-state index in [0.29, 0.717) is 15.8 Å². The fraction of sp³-hybridized carbons (Fsp3) is 0.0769. The van der Waals surface area contributed by atoms with Crippen molar-refractivity contribution in [2.75, 3.05) is 0 Å². The van der Waals surface area contributed by atoms with E-state index in [1.54, 1.807) is 12.1 Å². The highest BCUT2D eigenvalue weighted by molar-refractivity contribution is 9.10. The van der Waals surface area contributed by atoms with Crippen LogP contribution < -0.4 is 4.74 Å². The zero-order valence-electron chi connectivity index (χ0n) is 9.09. The molecule has 0 aliphatic carbocycles. The molecule has 0 bridgehead atoms. The van der Waals surface area contributed by atoms with E-state index in [1.165, 1.54) is 24.3 Å². The number of rotatable bonds is 3. The summed E-state index contributed by atoms with van der Waals surface area (Å²) >= 11 is 9.03. The van der Waals surface area contributed by atoms with Gasteiger partial charge in [-0.1, -0.05) is 23.7 Å². The fourth-order valence-corrected chi connectivity index (χ4v) is 1.94. The van der Waals surface area contributed by atoms with Gasteiger partial charge in [0.15, 0.2) is 0 Å². The molecule has 0 unspecified atom stereocenters. The molecule has 18 heavy (non-hydrogen) atoms. The average Bonchev–Trinajstić information content (AvgIpc) is 2.35. The molecule has 0 atom stereocenters. The lowest BCUT2D eigenvalue weighted by molar-refractivity contribution is 0.302. The first kappa shape index (κ1) is 13.3. The van der Waals surface area contributed by atoms with Crippen molar-refractivity contribution in [1.82, 2.24) is 0 Å². The van der Waals surface area contributed by atoms with Crippen LogP contribution in [0, 0.1) is 11.6 Å². The summed E-state index contributed by atoms with van der Waals surface area (Å²) < 4.78 is 32.2. The molecule has 1 nitrogen and oxygen atoms in total. The van der Waals surface area contributed by atoms with Gasteiger partial charge in [0.2, 0.25) is 0 Å². The number of benzene rings is 2. The lowest BCUT2D eigenvalue weighted by Gasteiger charge is -2.09. The summed E-state index contributed by atoms with van der Waals surface area (Å²) in [5.74, 6) is -0.565. The Morgan fingerprint density at radius 1 is 1.17 bits per heavy atom. The van der Waals surface area contributed by atoms with Crippen LogP contribution >= 0.6 is 27.5 Å². The van der Waals surface area contributed by atoms with E-state index in [9.17, 15) is 8.78 Å². The van der Waals surface area contributed by atoms with E-state index in [4.69, 9.17) is 16.3 Å². The van der Waals surface area contributed by atoms with E-state index in [-0.39, 0.29) is 11.6 Å². The van der Waals surface area contributed by atoms with Gasteiger partial charge in [0.1, 0.15) is 24.0 Å². The molecular weight excluding hydrogens is 325 g/mol. The molecule has 2 aromatic carbocycles. The van der Waals surface area contributed by atoms with Gasteiger partial charge in [0.05, 0.1) is 9.50 Å². The normalized spacial score (nSPS) is 10.4. The van der Waals surface area contributed by atoms with E-state index < -0.39 is 11.6 Å². The van der Waals surface area contributed by atoms with Crippen LogP contribution in [0.5, 0.6) is 5.75 Å². The first-order valence-corrected chi connectivity index (χ1v) is 6.26. The van der Waals surface area contributed by atoms with Crippen molar-refractivity contribution in [3.05, 3.63) is 63.1 Å². The van der Waals surface area contributed by atoms with Crippen molar-refractivity contribution in [3.63, 3.8) is 0 Å². The maximum atomic E-state index is 13.2. The van der Waals surface area contributed by atoms with Gasteiger partial charge < -0.3 is 4.74 Å². The summed E-state index contributed by atoms with van der Waals surface area (Å²) in [6.45, 7) is 0.0681. The van der Waals surface area contributed by atoms with Crippen molar-refractivity contribution >= 4 is 27.5 Å². The minimum atomic E-state index is -0.504. The largest absolute Gasteiger partial charge is 0.488 e. The van der Waals surface area contributed by atoms with Crippen molar-refractivity contribution < 1.29 is 13.5 Å². The summed E-state index contributed by atoms with van der Waals surface area (Å²) in [5.41, 5.74) is 0.507. The smallest absolute Gasteiger partial charge is 0.142 e. The molecule has 0 aliphatic rings. The Labute approximate surface area is 116 Å².